The van der Waals surface area contributed by atoms with Crippen LogP contribution in [0.5, 0.6) is 5.75 Å². The first-order valence-corrected chi connectivity index (χ1v) is 7.15. The molecule has 1 aromatic heterocycles. The van der Waals surface area contributed by atoms with Crippen molar-refractivity contribution in [2.45, 2.75) is 19.4 Å². The summed E-state index contributed by atoms with van der Waals surface area (Å²) in [5, 5.41) is 1.75. The second-order valence-electron chi connectivity index (χ2n) is 4.69. The van der Waals surface area contributed by atoms with Crippen LogP contribution in [-0.2, 0) is 9.53 Å². The van der Waals surface area contributed by atoms with Gasteiger partial charge in [0.1, 0.15) is 11.9 Å². The molecule has 1 fully saturated rings. The number of fused-ring (bicyclic) bond motifs is 1. The number of benzene rings is 1. The lowest BCUT2D eigenvalue weighted by Crippen LogP contribution is -2.12. The van der Waals surface area contributed by atoms with Crippen LogP contribution in [0.3, 0.4) is 0 Å². The van der Waals surface area contributed by atoms with E-state index in [-0.39, 0.29) is 18.0 Å². The summed E-state index contributed by atoms with van der Waals surface area (Å²) in [4.78, 5) is 14.6. The van der Waals surface area contributed by atoms with Gasteiger partial charge in [0.2, 0.25) is 0 Å². The normalized spacial score (nSPS) is 20.9. The lowest BCUT2D eigenvalue weighted by Gasteiger charge is -2.09. The van der Waals surface area contributed by atoms with Gasteiger partial charge >= 0.3 is 5.97 Å². The number of esters is 1. The third-order valence-corrected chi connectivity index (χ3v) is 4.09. The lowest BCUT2D eigenvalue weighted by molar-refractivity contribution is -0.145. The van der Waals surface area contributed by atoms with Gasteiger partial charge in [-0.25, -0.2) is 0 Å². The third kappa shape index (κ3) is 2.34. The molecule has 0 amide bonds. The molecule has 3 rings (SSSR count). The number of aromatic amines is 1. The Balaban J connectivity index is 1.81. The van der Waals surface area contributed by atoms with Crippen LogP contribution in [0.2, 0.25) is 10.0 Å². The summed E-state index contributed by atoms with van der Waals surface area (Å²) < 4.78 is 10.8. The molecule has 0 bridgehead atoms. The van der Waals surface area contributed by atoms with Gasteiger partial charge in [-0.2, -0.15) is 0 Å². The van der Waals surface area contributed by atoms with Crippen molar-refractivity contribution in [1.29, 1.82) is 0 Å². The molecule has 0 saturated heterocycles. The highest BCUT2D eigenvalue weighted by Gasteiger charge is 2.47. The number of ether oxygens (including phenoxy) is 2. The van der Waals surface area contributed by atoms with E-state index in [4.69, 9.17) is 32.7 Å². The number of halogens is 2. The average Bonchev–Trinajstić information content (AvgIpc) is 3.00. The molecule has 2 aromatic rings. The minimum absolute atomic E-state index is 0.149. The van der Waals surface area contributed by atoms with E-state index >= 15 is 0 Å². The molecule has 2 atom stereocenters. The van der Waals surface area contributed by atoms with Crippen LogP contribution in [0.4, 0.5) is 0 Å². The highest BCUT2D eigenvalue weighted by molar-refractivity contribution is 6.45. The average molecular weight is 314 g/mol. The van der Waals surface area contributed by atoms with E-state index in [2.05, 4.69) is 4.98 Å². The molecule has 6 heteroatoms. The van der Waals surface area contributed by atoms with Crippen molar-refractivity contribution in [2.75, 3.05) is 6.61 Å². The molecular formula is C14H13Cl2NO3. The zero-order chi connectivity index (χ0) is 14.3. The highest BCUT2D eigenvalue weighted by atomic mass is 35.5. The number of nitrogens with one attached hydrogen (secondary N) is 1. The minimum Gasteiger partial charge on any atom is -0.489 e. The van der Waals surface area contributed by atoms with Crippen LogP contribution in [0, 0.1) is 5.92 Å². The standard InChI is InChI=1S/C14H13Cl2NO3/c1-2-19-14(18)8-5-10(8)20-11-6-9(15)12(16)13-7(11)3-4-17-13/h3-4,6,8,10,17H,2,5H2,1H3. The number of rotatable bonds is 4. The summed E-state index contributed by atoms with van der Waals surface area (Å²) in [5.74, 6) is 0.244. The Hall–Kier alpha value is -1.39. The fourth-order valence-corrected chi connectivity index (χ4v) is 2.60. The van der Waals surface area contributed by atoms with Crippen molar-refractivity contribution in [2.24, 2.45) is 5.92 Å². The van der Waals surface area contributed by atoms with E-state index in [1.165, 1.54) is 0 Å². The summed E-state index contributed by atoms with van der Waals surface area (Å²) in [7, 11) is 0. The van der Waals surface area contributed by atoms with Gasteiger partial charge in [0.25, 0.3) is 0 Å². The summed E-state index contributed by atoms with van der Waals surface area (Å²) in [6.07, 6.45) is 2.30. The van der Waals surface area contributed by atoms with Gasteiger partial charge in [0.05, 0.1) is 28.1 Å². The van der Waals surface area contributed by atoms with Crippen molar-refractivity contribution in [3.63, 3.8) is 0 Å². The number of H-pyrrole nitrogens is 1. The molecule has 1 aromatic carbocycles. The lowest BCUT2D eigenvalue weighted by atomic mass is 10.2. The first-order chi connectivity index (χ1) is 9.61. The van der Waals surface area contributed by atoms with Crippen molar-refractivity contribution in [3.05, 3.63) is 28.4 Å². The summed E-state index contributed by atoms with van der Waals surface area (Å²) in [5.41, 5.74) is 0.738. The van der Waals surface area contributed by atoms with E-state index in [9.17, 15) is 4.79 Å². The molecular weight excluding hydrogens is 301 g/mol. The summed E-state index contributed by atoms with van der Waals surface area (Å²) in [6.45, 7) is 2.18. The summed E-state index contributed by atoms with van der Waals surface area (Å²) in [6, 6.07) is 3.55. The van der Waals surface area contributed by atoms with Gasteiger partial charge < -0.3 is 14.5 Å². The van der Waals surface area contributed by atoms with Gasteiger partial charge in [-0.15, -0.1) is 0 Å². The van der Waals surface area contributed by atoms with E-state index in [0.717, 1.165) is 10.9 Å². The highest BCUT2D eigenvalue weighted by Crippen LogP contribution is 2.41. The Morgan fingerprint density at radius 2 is 2.30 bits per heavy atom. The van der Waals surface area contributed by atoms with Crippen LogP contribution in [0.15, 0.2) is 18.3 Å². The van der Waals surface area contributed by atoms with Gasteiger partial charge in [-0.1, -0.05) is 23.2 Å². The first-order valence-electron chi connectivity index (χ1n) is 6.40. The molecule has 0 radical (unpaired) electrons. The van der Waals surface area contributed by atoms with Crippen molar-refractivity contribution < 1.29 is 14.3 Å². The molecule has 1 heterocycles. The van der Waals surface area contributed by atoms with Crippen molar-refractivity contribution >= 4 is 40.1 Å². The molecule has 0 spiro atoms. The predicted octanol–water partition coefficient (Wildman–Crippen LogP) is 3.81. The molecule has 1 N–H and O–H groups in total. The largest absolute Gasteiger partial charge is 0.489 e. The smallest absolute Gasteiger partial charge is 0.312 e. The Morgan fingerprint density at radius 3 is 3.05 bits per heavy atom. The second kappa shape index (κ2) is 5.19. The first kappa shape index (κ1) is 13.6. The molecule has 106 valence electrons. The van der Waals surface area contributed by atoms with Crippen LogP contribution in [0.25, 0.3) is 10.9 Å². The van der Waals surface area contributed by atoms with E-state index < -0.39 is 0 Å². The van der Waals surface area contributed by atoms with Crippen LogP contribution < -0.4 is 4.74 Å². The second-order valence-corrected chi connectivity index (χ2v) is 5.47. The SMILES string of the molecule is CCOC(=O)C1CC1Oc1cc(Cl)c(Cl)c2[nH]ccc12. The molecule has 0 aliphatic heterocycles. The van der Waals surface area contributed by atoms with Crippen LogP contribution in [0.1, 0.15) is 13.3 Å². The Bertz CT molecular complexity index is 668. The van der Waals surface area contributed by atoms with Gasteiger partial charge in [0.15, 0.2) is 0 Å². The van der Waals surface area contributed by atoms with E-state index in [1.807, 2.05) is 6.07 Å². The fraction of sp³-hybridized carbons (Fsp3) is 0.357. The molecule has 1 aliphatic rings. The Morgan fingerprint density at radius 1 is 1.50 bits per heavy atom. The maximum atomic E-state index is 11.6. The third-order valence-electron chi connectivity index (χ3n) is 3.30. The van der Waals surface area contributed by atoms with Gasteiger partial charge in [-0.05, 0) is 13.0 Å². The monoisotopic (exact) mass is 313 g/mol. The van der Waals surface area contributed by atoms with Crippen molar-refractivity contribution in [3.8, 4) is 5.75 Å². The fourth-order valence-electron chi connectivity index (χ4n) is 2.19. The van der Waals surface area contributed by atoms with E-state index in [0.29, 0.717) is 28.8 Å². The minimum atomic E-state index is -0.206. The van der Waals surface area contributed by atoms with Crippen LogP contribution >= 0.6 is 23.2 Å². The maximum Gasteiger partial charge on any atom is 0.312 e. The van der Waals surface area contributed by atoms with Gasteiger partial charge in [-0.3, -0.25) is 4.79 Å². The number of hydrogen-bond acceptors (Lipinski definition) is 3. The molecule has 1 aliphatic carbocycles. The summed E-state index contributed by atoms with van der Waals surface area (Å²) >= 11 is 12.2. The Labute approximate surface area is 126 Å². The quantitative estimate of drug-likeness (QED) is 0.873. The molecule has 20 heavy (non-hydrogen) atoms. The number of carbonyl (C=O) groups excluding carboxylic acids is 1. The zero-order valence-electron chi connectivity index (χ0n) is 10.8. The topological polar surface area (TPSA) is 51.3 Å². The van der Waals surface area contributed by atoms with Gasteiger partial charge in [0, 0.05) is 24.1 Å². The van der Waals surface area contributed by atoms with Crippen molar-refractivity contribution in [1.82, 2.24) is 4.98 Å². The predicted molar refractivity (Wildman–Crippen MR) is 77.5 cm³/mol. The van der Waals surface area contributed by atoms with E-state index in [1.54, 1.807) is 19.2 Å². The molecule has 2 unspecified atom stereocenters. The maximum absolute atomic E-state index is 11.6. The molecule has 4 nitrogen and oxygen atoms in total. The number of hydrogen-bond donors (Lipinski definition) is 1. The molecule has 1 saturated carbocycles. The van der Waals surface area contributed by atoms with Crippen LogP contribution in [-0.4, -0.2) is 23.7 Å². The number of carbonyl (C=O) groups is 1. The number of aromatic nitrogens is 1. The zero-order valence-corrected chi connectivity index (χ0v) is 12.3. The Kier molecular flexibility index (Phi) is 3.52.